The molecule has 1 N–H and O–H groups in total. The third kappa shape index (κ3) is 4.40. The third-order valence-electron chi connectivity index (χ3n) is 2.98. The minimum atomic E-state index is 0.370. The van der Waals surface area contributed by atoms with E-state index in [1.165, 1.54) is 10.4 Å². The standard InChI is InChI=1S/C13H20N6/c1-3-15-12(9-13-16-18-19(2)17-13)7-6-11-5-4-8-14-10-11/h4-5,8,10,12,15H,3,6-7,9H2,1-2H3. The molecule has 1 atom stereocenters. The molecule has 102 valence electrons. The van der Waals surface area contributed by atoms with E-state index >= 15 is 0 Å². The summed E-state index contributed by atoms with van der Waals surface area (Å²) < 4.78 is 0. The zero-order valence-corrected chi connectivity index (χ0v) is 11.5. The van der Waals surface area contributed by atoms with Crippen molar-refractivity contribution in [1.29, 1.82) is 0 Å². The van der Waals surface area contributed by atoms with Crippen LogP contribution >= 0.6 is 0 Å². The Balaban J connectivity index is 1.89. The van der Waals surface area contributed by atoms with Gasteiger partial charge in [0.25, 0.3) is 0 Å². The van der Waals surface area contributed by atoms with Gasteiger partial charge in [-0.25, -0.2) is 0 Å². The fourth-order valence-electron chi connectivity index (χ4n) is 2.08. The van der Waals surface area contributed by atoms with Crippen LogP contribution in [0.5, 0.6) is 0 Å². The van der Waals surface area contributed by atoms with Crippen molar-refractivity contribution in [3.8, 4) is 0 Å². The van der Waals surface area contributed by atoms with E-state index in [0.29, 0.717) is 6.04 Å². The number of likely N-dealkylation sites (N-methyl/N-ethyl adjacent to an activating group) is 1. The Labute approximate surface area is 113 Å². The first-order valence-electron chi connectivity index (χ1n) is 6.63. The van der Waals surface area contributed by atoms with Crippen molar-refractivity contribution in [2.75, 3.05) is 6.54 Å². The minimum Gasteiger partial charge on any atom is -0.314 e. The molecular weight excluding hydrogens is 240 g/mol. The van der Waals surface area contributed by atoms with Crippen LogP contribution in [0.3, 0.4) is 0 Å². The molecular formula is C13H20N6. The first-order chi connectivity index (χ1) is 9.28. The number of pyridine rings is 1. The van der Waals surface area contributed by atoms with Gasteiger partial charge in [-0.1, -0.05) is 13.0 Å². The van der Waals surface area contributed by atoms with Crippen LogP contribution in [0.25, 0.3) is 0 Å². The monoisotopic (exact) mass is 260 g/mol. The van der Waals surface area contributed by atoms with Crippen LogP contribution in [0.15, 0.2) is 24.5 Å². The normalized spacial score (nSPS) is 12.5. The quantitative estimate of drug-likeness (QED) is 0.796. The van der Waals surface area contributed by atoms with Crippen molar-refractivity contribution in [1.82, 2.24) is 30.5 Å². The van der Waals surface area contributed by atoms with Crippen molar-refractivity contribution in [3.05, 3.63) is 35.9 Å². The summed E-state index contributed by atoms with van der Waals surface area (Å²) in [4.78, 5) is 5.64. The lowest BCUT2D eigenvalue weighted by Gasteiger charge is -2.15. The maximum absolute atomic E-state index is 4.23. The average Bonchev–Trinajstić information content (AvgIpc) is 2.83. The summed E-state index contributed by atoms with van der Waals surface area (Å²) in [5.41, 5.74) is 1.26. The first-order valence-corrected chi connectivity index (χ1v) is 6.63. The van der Waals surface area contributed by atoms with Gasteiger partial charge in [0.15, 0.2) is 5.82 Å². The number of nitrogens with one attached hydrogen (secondary N) is 1. The topological polar surface area (TPSA) is 68.5 Å². The van der Waals surface area contributed by atoms with Crippen LogP contribution in [0.4, 0.5) is 0 Å². The van der Waals surface area contributed by atoms with E-state index in [4.69, 9.17) is 0 Å². The van der Waals surface area contributed by atoms with Crippen molar-refractivity contribution in [3.63, 3.8) is 0 Å². The highest BCUT2D eigenvalue weighted by molar-refractivity contribution is 5.08. The predicted molar refractivity (Wildman–Crippen MR) is 72.5 cm³/mol. The maximum atomic E-state index is 4.23. The van der Waals surface area contributed by atoms with Crippen LogP contribution in [0.1, 0.15) is 24.7 Å². The van der Waals surface area contributed by atoms with Gasteiger partial charge in [0.2, 0.25) is 0 Å². The lowest BCUT2D eigenvalue weighted by atomic mass is 10.0. The Kier molecular flexibility index (Phi) is 4.97. The molecule has 2 aromatic rings. The molecule has 0 amide bonds. The summed E-state index contributed by atoms with van der Waals surface area (Å²) >= 11 is 0. The summed E-state index contributed by atoms with van der Waals surface area (Å²) in [6, 6.07) is 4.45. The Bertz CT molecular complexity index is 481. The van der Waals surface area contributed by atoms with Gasteiger partial charge in [-0.15, -0.1) is 10.2 Å². The van der Waals surface area contributed by atoms with Crippen LogP contribution in [-0.2, 0) is 19.9 Å². The Morgan fingerprint density at radius 2 is 2.32 bits per heavy atom. The highest BCUT2D eigenvalue weighted by Gasteiger charge is 2.12. The molecule has 19 heavy (non-hydrogen) atoms. The average molecular weight is 260 g/mol. The molecule has 0 aliphatic carbocycles. The van der Waals surface area contributed by atoms with E-state index in [1.807, 2.05) is 12.3 Å². The second kappa shape index (κ2) is 6.94. The smallest absolute Gasteiger partial charge is 0.176 e. The number of hydrogen-bond acceptors (Lipinski definition) is 5. The summed E-state index contributed by atoms with van der Waals surface area (Å²) in [6.07, 6.45) is 6.57. The second-order valence-electron chi connectivity index (χ2n) is 4.55. The fraction of sp³-hybridized carbons (Fsp3) is 0.538. The molecule has 6 heteroatoms. The summed E-state index contributed by atoms with van der Waals surface area (Å²) in [5, 5.41) is 15.6. The molecule has 0 aliphatic rings. The van der Waals surface area contributed by atoms with Gasteiger partial charge in [0.05, 0.1) is 7.05 Å². The number of hydrogen-bond donors (Lipinski definition) is 1. The number of rotatable bonds is 7. The van der Waals surface area contributed by atoms with Gasteiger partial charge in [0, 0.05) is 24.9 Å². The zero-order chi connectivity index (χ0) is 13.5. The number of aryl methyl sites for hydroxylation is 2. The highest BCUT2D eigenvalue weighted by Crippen LogP contribution is 2.06. The number of nitrogens with zero attached hydrogens (tertiary/aromatic N) is 5. The van der Waals surface area contributed by atoms with Crippen LogP contribution < -0.4 is 5.32 Å². The Morgan fingerprint density at radius 3 is 2.95 bits per heavy atom. The summed E-state index contributed by atoms with van der Waals surface area (Å²) in [7, 11) is 1.79. The Hall–Kier alpha value is -1.82. The molecule has 0 saturated carbocycles. The fourth-order valence-corrected chi connectivity index (χ4v) is 2.08. The molecule has 6 nitrogen and oxygen atoms in total. The van der Waals surface area contributed by atoms with Gasteiger partial charge in [-0.05, 0) is 36.2 Å². The van der Waals surface area contributed by atoms with Crippen molar-refractivity contribution in [2.45, 2.75) is 32.2 Å². The molecule has 0 fully saturated rings. The first kappa shape index (κ1) is 13.6. The molecule has 0 bridgehead atoms. The highest BCUT2D eigenvalue weighted by atomic mass is 15.6. The molecule has 0 spiro atoms. The number of aromatic nitrogens is 5. The van der Waals surface area contributed by atoms with E-state index in [2.05, 4.69) is 38.7 Å². The SMILES string of the molecule is CCNC(CCc1cccnc1)Cc1nnn(C)n1. The third-order valence-corrected chi connectivity index (χ3v) is 2.98. The lowest BCUT2D eigenvalue weighted by molar-refractivity contribution is 0.480. The molecule has 0 aromatic carbocycles. The minimum absolute atomic E-state index is 0.370. The predicted octanol–water partition coefficient (Wildman–Crippen LogP) is 0.758. The second-order valence-corrected chi connectivity index (χ2v) is 4.55. The molecule has 2 rings (SSSR count). The van der Waals surface area contributed by atoms with Gasteiger partial charge in [-0.2, -0.15) is 4.80 Å². The summed E-state index contributed by atoms with van der Waals surface area (Å²) in [5.74, 6) is 0.791. The van der Waals surface area contributed by atoms with Crippen molar-refractivity contribution < 1.29 is 0 Å². The van der Waals surface area contributed by atoms with E-state index in [0.717, 1.165) is 31.6 Å². The van der Waals surface area contributed by atoms with E-state index < -0.39 is 0 Å². The van der Waals surface area contributed by atoms with Crippen LogP contribution in [0.2, 0.25) is 0 Å². The van der Waals surface area contributed by atoms with Crippen molar-refractivity contribution in [2.24, 2.45) is 7.05 Å². The molecule has 2 heterocycles. The molecule has 0 saturated heterocycles. The maximum Gasteiger partial charge on any atom is 0.176 e. The zero-order valence-electron chi connectivity index (χ0n) is 11.5. The summed E-state index contributed by atoms with van der Waals surface area (Å²) in [6.45, 7) is 3.05. The lowest BCUT2D eigenvalue weighted by Crippen LogP contribution is -2.32. The Morgan fingerprint density at radius 1 is 1.42 bits per heavy atom. The molecule has 1 unspecified atom stereocenters. The van der Waals surface area contributed by atoms with Gasteiger partial charge >= 0.3 is 0 Å². The van der Waals surface area contributed by atoms with Gasteiger partial charge in [0.1, 0.15) is 0 Å². The molecule has 0 radical (unpaired) electrons. The van der Waals surface area contributed by atoms with E-state index in [-0.39, 0.29) is 0 Å². The van der Waals surface area contributed by atoms with E-state index in [9.17, 15) is 0 Å². The molecule has 2 aromatic heterocycles. The van der Waals surface area contributed by atoms with Crippen LogP contribution in [0, 0.1) is 0 Å². The largest absolute Gasteiger partial charge is 0.314 e. The van der Waals surface area contributed by atoms with E-state index in [1.54, 1.807) is 13.2 Å². The molecule has 0 aliphatic heterocycles. The van der Waals surface area contributed by atoms with Gasteiger partial charge < -0.3 is 5.32 Å². The number of tetrazole rings is 1. The van der Waals surface area contributed by atoms with Gasteiger partial charge in [-0.3, -0.25) is 4.98 Å². The van der Waals surface area contributed by atoms with Crippen molar-refractivity contribution >= 4 is 0 Å². The van der Waals surface area contributed by atoms with Crippen LogP contribution in [-0.4, -0.2) is 37.8 Å².